The summed E-state index contributed by atoms with van der Waals surface area (Å²) in [6.07, 6.45) is 2.91. The minimum atomic E-state index is -0.583. The lowest BCUT2D eigenvalue weighted by atomic mass is 10.1. The lowest BCUT2D eigenvalue weighted by Gasteiger charge is -2.24. The summed E-state index contributed by atoms with van der Waals surface area (Å²) in [7, 11) is 3.44. The Morgan fingerprint density at radius 1 is 1.16 bits per heavy atom. The third-order valence-corrected chi connectivity index (χ3v) is 4.69. The average Bonchev–Trinajstić information content (AvgIpc) is 3.13. The number of aromatic nitrogens is 3. The molecular weight excluding hydrogens is 396 g/mol. The predicted molar refractivity (Wildman–Crippen MR) is 121 cm³/mol. The number of nitrogens with two attached hydrogens (primary N) is 1. The highest BCUT2D eigenvalue weighted by Crippen LogP contribution is 2.34. The molecule has 3 heterocycles. The normalized spacial score (nSPS) is 11.6. The molecule has 0 aliphatic heterocycles. The fourth-order valence-corrected chi connectivity index (χ4v) is 3.20. The van der Waals surface area contributed by atoms with Gasteiger partial charge >= 0.3 is 6.09 Å². The molecule has 4 aromatic rings. The van der Waals surface area contributed by atoms with Crippen LogP contribution in [0.3, 0.4) is 0 Å². The minimum absolute atomic E-state index is 0.388. The molecule has 3 N–H and O–H groups in total. The molecule has 1 aromatic carbocycles. The molecule has 4 rings (SSSR count). The Balaban J connectivity index is 1.76. The first-order chi connectivity index (χ1) is 14.7. The molecule has 0 unspecified atom stereocenters. The van der Waals surface area contributed by atoms with E-state index in [9.17, 15) is 4.79 Å². The van der Waals surface area contributed by atoms with Gasteiger partial charge in [0.25, 0.3) is 0 Å². The van der Waals surface area contributed by atoms with Gasteiger partial charge in [-0.15, -0.1) is 0 Å². The number of carbonyl (C=O) groups excluding carboxylic acids is 1. The Hall–Kier alpha value is -3.88. The van der Waals surface area contributed by atoms with E-state index in [1.54, 1.807) is 50.8 Å². The van der Waals surface area contributed by atoms with Gasteiger partial charge in [0.2, 0.25) is 5.89 Å². The van der Waals surface area contributed by atoms with E-state index in [-0.39, 0.29) is 0 Å². The molecule has 160 valence electrons. The van der Waals surface area contributed by atoms with Crippen molar-refractivity contribution in [2.24, 2.45) is 0 Å². The third-order valence-electron chi connectivity index (χ3n) is 4.69. The van der Waals surface area contributed by atoms with Crippen molar-refractivity contribution in [3.8, 4) is 11.5 Å². The van der Waals surface area contributed by atoms with E-state index >= 15 is 0 Å². The molecule has 9 heteroatoms. The van der Waals surface area contributed by atoms with Crippen LogP contribution < -0.4 is 16.0 Å². The van der Waals surface area contributed by atoms with E-state index in [4.69, 9.17) is 14.9 Å². The van der Waals surface area contributed by atoms with Crippen LogP contribution >= 0.6 is 0 Å². The molecule has 0 saturated carbocycles. The second kappa shape index (κ2) is 7.42. The number of benzene rings is 1. The number of ether oxygens (including phenoxy) is 1. The van der Waals surface area contributed by atoms with Gasteiger partial charge in [0.15, 0.2) is 5.58 Å². The largest absolute Gasteiger partial charge is 0.443 e. The van der Waals surface area contributed by atoms with Gasteiger partial charge in [-0.2, -0.15) is 0 Å². The highest BCUT2D eigenvalue weighted by atomic mass is 16.6. The minimum Gasteiger partial charge on any atom is -0.443 e. The Labute approximate surface area is 179 Å². The summed E-state index contributed by atoms with van der Waals surface area (Å²) < 4.78 is 11.4. The van der Waals surface area contributed by atoms with Gasteiger partial charge in [-0.1, -0.05) is 0 Å². The number of amides is 1. The van der Waals surface area contributed by atoms with E-state index in [2.05, 4.69) is 20.3 Å². The molecule has 0 radical (unpaired) electrons. The number of carbonyl (C=O) groups is 1. The maximum absolute atomic E-state index is 12.4. The fraction of sp³-hybridized carbons (Fsp3) is 0.273. The molecule has 0 fully saturated rings. The highest BCUT2D eigenvalue weighted by Gasteiger charge is 2.22. The molecule has 0 aliphatic rings. The van der Waals surface area contributed by atoms with Crippen molar-refractivity contribution in [2.75, 3.05) is 30.0 Å². The van der Waals surface area contributed by atoms with Crippen LogP contribution in [0.4, 0.5) is 22.1 Å². The molecule has 1 amide bonds. The maximum atomic E-state index is 12.4. The number of hydrogen-bond donors (Lipinski definition) is 2. The van der Waals surface area contributed by atoms with Crippen molar-refractivity contribution >= 4 is 45.3 Å². The number of nitrogens with zero attached hydrogens (tertiary/aromatic N) is 4. The van der Waals surface area contributed by atoms with Crippen LogP contribution in [0.15, 0.2) is 41.1 Å². The quantitative estimate of drug-likeness (QED) is 0.499. The van der Waals surface area contributed by atoms with Gasteiger partial charge in [0.05, 0.1) is 5.56 Å². The number of nitrogens with one attached hydrogen (secondary N) is 1. The monoisotopic (exact) mass is 420 g/mol. The number of hydrogen-bond acceptors (Lipinski definition) is 8. The zero-order valence-corrected chi connectivity index (χ0v) is 18.1. The Morgan fingerprint density at radius 2 is 1.94 bits per heavy atom. The van der Waals surface area contributed by atoms with Crippen LogP contribution in [0, 0.1) is 0 Å². The third kappa shape index (κ3) is 3.94. The molecule has 0 saturated heterocycles. The summed E-state index contributed by atoms with van der Waals surface area (Å²) in [4.78, 5) is 27.1. The number of anilines is 3. The van der Waals surface area contributed by atoms with E-state index < -0.39 is 11.7 Å². The van der Waals surface area contributed by atoms with Gasteiger partial charge in [-0.25, -0.2) is 19.7 Å². The first-order valence-electron chi connectivity index (χ1n) is 9.76. The average molecular weight is 420 g/mol. The Kier molecular flexibility index (Phi) is 4.88. The van der Waals surface area contributed by atoms with Crippen LogP contribution in [0.1, 0.15) is 20.8 Å². The second-order valence-corrected chi connectivity index (χ2v) is 8.14. The van der Waals surface area contributed by atoms with E-state index in [1.165, 1.54) is 4.90 Å². The van der Waals surface area contributed by atoms with Crippen LogP contribution in [0.2, 0.25) is 0 Å². The number of oxazole rings is 1. The van der Waals surface area contributed by atoms with Crippen molar-refractivity contribution in [1.29, 1.82) is 0 Å². The molecule has 31 heavy (non-hydrogen) atoms. The SMILES string of the molecule is CNc1ncc(-c2nc3cc(N(C)C(=O)OC(C)(C)C)ccc3o2)c2cc(N)ncc12. The summed E-state index contributed by atoms with van der Waals surface area (Å²) in [6.45, 7) is 5.48. The molecule has 0 bridgehead atoms. The second-order valence-electron chi connectivity index (χ2n) is 8.14. The molecular formula is C22H24N6O3. The summed E-state index contributed by atoms with van der Waals surface area (Å²) >= 11 is 0. The molecule has 0 aliphatic carbocycles. The van der Waals surface area contributed by atoms with Crippen LogP contribution in [-0.2, 0) is 4.74 Å². The number of pyridine rings is 2. The van der Waals surface area contributed by atoms with Crippen LogP contribution in [-0.4, -0.2) is 40.7 Å². The standard InChI is InChI=1S/C22H24N6O3/c1-22(2,3)31-21(29)28(5)12-6-7-17-16(8-12)27-20(30-17)15-11-26-19(24-4)14-10-25-18(23)9-13(14)15/h6-11H,1-5H3,(H2,23,25)(H,24,26). The van der Waals surface area contributed by atoms with Crippen molar-refractivity contribution in [1.82, 2.24) is 15.0 Å². The molecule has 9 nitrogen and oxygen atoms in total. The Bertz CT molecular complexity index is 1290. The van der Waals surface area contributed by atoms with Gasteiger partial charge < -0.3 is 20.2 Å². The topological polar surface area (TPSA) is 119 Å². The highest BCUT2D eigenvalue weighted by molar-refractivity contribution is 6.01. The van der Waals surface area contributed by atoms with Crippen molar-refractivity contribution in [2.45, 2.75) is 26.4 Å². The first-order valence-corrected chi connectivity index (χ1v) is 9.76. The summed E-state index contributed by atoms with van der Waals surface area (Å²) in [6, 6.07) is 7.10. The first kappa shape index (κ1) is 20.4. The van der Waals surface area contributed by atoms with Gasteiger partial charge in [0, 0.05) is 42.9 Å². The van der Waals surface area contributed by atoms with Crippen LogP contribution in [0.25, 0.3) is 33.3 Å². The molecule has 0 atom stereocenters. The van der Waals surface area contributed by atoms with E-state index in [1.807, 2.05) is 20.8 Å². The molecule has 3 aromatic heterocycles. The molecule has 0 spiro atoms. The van der Waals surface area contributed by atoms with Crippen LogP contribution in [0.5, 0.6) is 0 Å². The van der Waals surface area contributed by atoms with Gasteiger partial charge in [-0.05, 0) is 45.0 Å². The van der Waals surface area contributed by atoms with Crippen molar-refractivity contribution in [3.05, 3.63) is 36.7 Å². The van der Waals surface area contributed by atoms with Crippen molar-refractivity contribution in [3.63, 3.8) is 0 Å². The zero-order chi connectivity index (χ0) is 22.3. The predicted octanol–water partition coefficient (Wildman–Crippen LogP) is 4.43. The smallest absolute Gasteiger partial charge is 0.414 e. The van der Waals surface area contributed by atoms with Gasteiger partial charge in [-0.3, -0.25) is 4.90 Å². The van der Waals surface area contributed by atoms with Gasteiger partial charge in [0.1, 0.15) is 22.8 Å². The number of nitrogen functional groups attached to an aromatic ring is 1. The van der Waals surface area contributed by atoms with E-state index in [0.717, 1.165) is 10.8 Å². The lowest BCUT2D eigenvalue weighted by molar-refractivity contribution is 0.0589. The summed E-state index contributed by atoms with van der Waals surface area (Å²) in [5, 5.41) is 4.68. The summed E-state index contributed by atoms with van der Waals surface area (Å²) in [5.41, 5.74) is 7.86. The Morgan fingerprint density at radius 3 is 2.65 bits per heavy atom. The van der Waals surface area contributed by atoms with Crippen molar-refractivity contribution < 1.29 is 13.9 Å². The number of rotatable bonds is 3. The number of fused-ring (bicyclic) bond motifs is 2. The maximum Gasteiger partial charge on any atom is 0.414 e. The van der Waals surface area contributed by atoms with E-state index in [0.29, 0.717) is 39.9 Å². The summed E-state index contributed by atoms with van der Waals surface area (Å²) in [5.74, 6) is 1.47. The zero-order valence-electron chi connectivity index (χ0n) is 18.1. The lowest BCUT2D eigenvalue weighted by Crippen LogP contribution is -2.34. The fourth-order valence-electron chi connectivity index (χ4n) is 3.20.